The molecule has 0 unspecified atom stereocenters. The molecular formula is C6H11ClN2O3S. The minimum atomic E-state index is -3.59. The Morgan fingerprint density at radius 1 is 1.54 bits per heavy atom. The summed E-state index contributed by atoms with van der Waals surface area (Å²) in [6, 6.07) is -0.773. The molecule has 0 aromatic carbocycles. The van der Waals surface area contributed by atoms with Gasteiger partial charge in [-0.15, -0.1) is 18.2 Å². The summed E-state index contributed by atoms with van der Waals surface area (Å²) >= 11 is 5.21. The largest absolute Gasteiger partial charge is 0.334 e. The molecule has 0 radical (unpaired) electrons. The molecule has 2 amide bonds. The molecule has 0 aromatic heterocycles. The van der Waals surface area contributed by atoms with Crippen LogP contribution in [0.15, 0.2) is 12.7 Å². The molecule has 0 saturated heterocycles. The number of carbonyl (C=O) groups is 1. The number of alkyl halides is 1. The van der Waals surface area contributed by atoms with Crippen molar-refractivity contribution in [2.24, 2.45) is 0 Å². The monoisotopic (exact) mass is 226 g/mol. The molecule has 0 aliphatic rings. The standard InChI is InChI=1S/C6H11ClN2O3S/c1-2-4-8-6(10)9-13(11,12)5-3-7/h2H,1,3-5H2,(H2,8,9,10). The van der Waals surface area contributed by atoms with E-state index in [1.807, 2.05) is 0 Å². The molecule has 13 heavy (non-hydrogen) atoms. The molecule has 0 spiro atoms. The fraction of sp³-hybridized carbons (Fsp3) is 0.500. The van der Waals surface area contributed by atoms with E-state index in [1.54, 1.807) is 4.72 Å². The van der Waals surface area contributed by atoms with Crippen LogP contribution in [0.25, 0.3) is 0 Å². The smallest absolute Gasteiger partial charge is 0.328 e. The molecule has 7 heteroatoms. The maximum absolute atomic E-state index is 10.9. The molecule has 2 N–H and O–H groups in total. The Labute approximate surface area is 82.2 Å². The normalized spacial score (nSPS) is 10.5. The number of hydrogen-bond donors (Lipinski definition) is 2. The van der Waals surface area contributed by atoms with E-state index in [0.717, 1.165) is 0 Å². The molecule has 0 bridgehead atoms. The predicted octanol–water partition coefficient (Wildman–Crippen LogP) is 0.0402. The van der Waals surface area contributed by atoms with E-state index in [9.17, 15) is 13.2 Å². The molecule has 0 aliphatic heterocycles. The third kappa shape index (κ3) is 6.41. The van der Waals surface area contributed by atoms with Crippen LogP contribution >= 0.6 is 11.6 Å². The highest BCUT2D eigenvalue weighted by molar-refractivity contribution is 7.90. The maximum atomic E-state index is 10.9. The highest BCUT2D eigenvalue weighted by Crippen LogP contribution is 1.86. The Kier molecular flexibility index (Phi) is 5.48. The van der Waals surface area contributed by atoms with Crippen LogP contribution in [-0.4, -0.2) is 32.6 Å². The van der Waals surface area contributed by atoms with Crippen LogP contribution in [-0.2, 0) is 10.0 Å². The lowest BCUT2D eigenvalue weighted by molar-refractivity contribution is 0.247. The third-order valence-corrected chi connectivity index (χ3v) is 2.65. The number of hydrogen-bond acceptors (Lipinski definition) is 3. The highest BCUT2D eigenvalue weighted by Gasteiger charge is 2.12. The quantitative estimate of drug-likeness (QED) is 0.514. The lowest BCUT2D eigenvalue weighted by Crippen LogP contribution is -2.40. The van der Waals surface area contributed by atoms with E-state index >= 15 is 0 Å². The average Bonchev–Trinajstić information content (AvgIpc) is 1.99. The zero-order chi connectivity index (χ0) is 10.3. The van der Waals surface area contributed by atoms with Gasteiger partial charge in [0.25, 0.3) is 0 Å². The summed E-state index contributed by atoms with van der Waals surface area (Å²) in [7, 11) is -3.59. The van der Waals surface area contributed by atoms with Crippen LogP contribution in [0, 0.1) is 0 Å². The van der Waals surface area contributed by atoms with Crippen LogP contribution in [0.5, 0.6) is 0 Å². The van der Waals surface area contributed by atoms with E-state index in [1.165, 1.54) is 6.08 Å². The number of rotatable bonds is 5. The molecule has 5 nitrogen and oxygen atoms in total. The molecule has 76 valence electrons. The van der Waals surface area contributed by atoms with Crippen molar-refractivity contribution in [3.05, 3.63) is 12.7 Å². The topological polar surface area (TPSA) is 75.3 Å². The summed E-state index contributed by atoms with van der Waals surface area (Å²) in [6.07, 6.45) is 1.44. The Balaban J connectivity index is 3.97. The lowest BCUT2D eigenvalue weighted by atomic mass is 10.6. The van der Waals surface area contributed by atoms with Crippen molar-refractivity contribution in [1.82, 2.24) is 10.0 Å². The van der Waals surface area contributed by atoms with Crippen LogP contribution in [0.2, 0.25) is 0 Å². The summed E-state index contributed by atoms with van der Waals surface area (Å²) < 4.78 is 23.6. The van der Waals surface area contributed by atoms with E-state index in [4.69, 9.17) is 11.6 Å². The van der Waals surface area contributed by atoms with Gasteiger partial charge in [0, 0.05) is 12.4 Å². The van der Waals surface area contributed by atoms with Gasteiger partial charge in [0.05, 0.1) is 5.75 Å². The first-order chi connectivity index (χ1) is 6.02. The van der Waals surface area contributed by atoms with Gasteiger partial charge in [-0.05, 0) is 0 Å². The van der Waals surface area contributed by atoms with Crippen LogP contribution in [0.1, 0.15) is 0 Å². The molecule has 0 atom stereocenters. The van der Waals surface area contributed by atoms with Crippen molar-refractivity contribution in [1.29, 1.82) is 0 Å². The first-order valence-electron chi connectivity index (χ1n) is 3.47. The number of carbonyl (C=O) groups excluding carboxylic acids is 1. The SMILES string of the molecule is C=CCNC(=O)NS(=O)(=O)CCCl. The first kappa shape index (κ1) is 12.2. The fourth-order valence-electron chi connectivity index (χ4n) is 0.495. The minimum Gasteiger partial charge on any atom is -0.334 e. The first-order valence-corrected chi connectivity index (χ1v) is 5.65. The van der Waals surface area contributed by atoms with Gasteiger partial charge < -0.3 is 5.32 Å². The number of halogens is 1. The van der Waals surface area contributed by atoms with E-state index < -0.39 is 16.1 Å². The molecule has 0 heterocycles. The van der Waals surface area contributed by atoms with Gasteiger partial charge in [-0.3, -0.25) is 0 Å². The second kappa shape index (κ2) is 5.82. The van der Waals surface area contributed by atoms with Gasteiger partial charge in [-0.2, -0.15) is 0 Å². The second-order valence-corrected chi connectivity index (χ2v) is 4.33. The second-order valence-electron chi connectivity index (χ2n) is 2.11. The molecule has 0 rings (SSSR count). The van der Waals surface area contributed by atoms with Gasteiger partial charge in [-0.25, -0.2) is 17.9 Å². The lowest BCUT2D eigenvalue weighted by Gasteiger charge is -2.05. The van der Waals surface area contributed by atoms with Gasteiger partial charge in [0.1, 0.15) is 0 Å². The Bertz CT molecular complexity index is 276. The Morgan fingerprint density at radius 3 is 2.62 bits per heavy atom. The van der Waals surface area contributed by atoms with E-state index in [2.05, 4.69) is 11.9 Å². The van der Waals surface area contributed by atoms with Crippen LogP contribution in [0.4, 0.5) is 4.79 Å². The van der Waals surface area contributed by atoms with Crippen molar-refractivity contribution in [3.8, 4) is 0 Å². The Morgan fingerprint density at radius 2 is 2.15 bits per heavy atom. The molecule has 0 fully saturated rings. The summed E-state index contributed by atoms with van der Waals surface area (Å²) in [5, 5.41) is 2.26. The number of sulfonamides is 1. The van der Waals surface area contributed by atoms with Gasteiger partial charge in [-0.1, -0.05) is 6.08 Å². The van der Waals surface area contributed by atoms with Crippen molar-refractivity contribution < 1.29 is 13.2 Å². The molecular weight excluding hydrogens is 216 g/mol. The molecule has 0 aromatic rings. The van der Waals surface area contributed by atoms with Gasteiger partial charge >= 0.3 is 6.03 Å². The van der Waals surface area contributed by atoms with Crippen LogP contribution in [0.3, 0.4) is 0 Å². The predicted molar refractivity (Wildman–Crippen MR) is 51.2 cm³/mol. The summed E-state index contributed by atoms with van der Waals surface area (Å²) in [5.74, 6) is -0.333. The van der Waals surface area contributed by atoms with E-state index in [0.29, 0.717) is 0 Å². The zero-order valence-corrected chi connectivity index (χ0v) is 8.49. The molecule has 0 saturated carbocycles. The van der Waals surface area contributed by atoms with Crippen molar-refractivity contribution in [2.45, 2.75) is 0 Å². The number of urea groups is 1. The van der Waals surface area contributed by atoms with Crippen LogP contribution < -0.4 is 10.0 Å². The maximum Gasteiger partial charge on any atom is 0.328 e. The van der Waals surface area contributed by atoms with Crippen molar-refractivity contribution in [2.75, 3.05) is 18.2 Å². The summed E-state index contributed by atoms with van der Waals surface area (Å²) in [6.45, 7) is 3.56. The Hall–Kier alpha value is -0.750. The molecule has 0 aliphatic carbocycles. The summed E-state index contributed by atoms with van der Waals surface area (Å²) in [5.41, 5.74) is 0. The van der Waals surface area contributed by atoms with Crippen molar-refractivity contribution in [3.63, 3.8) is 0 Å². The van der Waals surface area contributed by atoms with Gasteiger partial charge in [0.15, 0.2) is 0 Å². The average molecular weight is 227 g/mol. The number of amides is 2. The van der Waals surface area contributed by atoms with Gasteiger partial charge in [0.2, 0.25) is 10.0 Å². The highest BCUT2D eigenvalue weighted by atomic mass is 35.5. The minimum absolute atomic E-state index is 0.0515. The third-order valence-electron chi connectivity index (χ3n) is 1.00. The van der Waals surface area contributed by atoms with E-state index in [-0.39, 0.29) is 18.2 Å². The summed E-state index contributed by atoms with van der Waals surface area (Å²) in [4.78, 5) is 10.8. The fourth-order valence-corrected chi connectivity index (χ4v) is 1.76. The number of nitrogens with one attached hydrogen (secondary N) is 2. The van der Waals surface area contributed by atoms with Crippen molar-refractivity contribution >= 4 is 27.7 Å². The zero-order valence-electron chi connectivity index (χ0n) is 6.92.